The molecule has 32 heavy (non-hydrogen) atoms. The first-order valence-electron chi connectivity index (χ1n) is 9.95. The zero-order chi connectivity index (χ0) is 23.3. The summed E-state index contributed by atoms with van der Waals surface area (Å²) in [4.78, 5) is 12.8. The number of rotatable bonds is 8. The molecule has 6 nitrogen and oxygen atoms in total. The fourth-order valence-electron chi connectivity index (χ4n) is 3.31. The summed E-state index contributed by atoms with van der Waals surface area (Å²) in [7, 11) is -2.72. The molecule has 3 aromatic rings. The van der Waals surface area contributed by atoms with E-state index in [0.717, 1.165) is 21.0 Å². The third-order valence-electron chi connectivity index (χ3n) is 4.92. The minimum Gasteiger partial charge on any atom is -0.495 e. The molecule has 0 bridgehead atoms. The second-order valence-corrected chi connectivity index (χ2v) is 9.76. The topological polar surface area (TPSA) is 75.7 Å². The van der Waals surface area contributed by atoms with Crippen molar-refractivity contribution in [3.8, 4) is 5.75 Å². The Morgan fingerprint density at radius 2 is 1.75 bits per heavy atom. The van der Waals surface area contributed by atoms with Crippen molar-refractivity contribution >= 4 is 33.2 Å². The maximum Gasteiger partial charge on any atom is 0.247 e. The maximum atomic E-state index is 13.6. The number of nitrogens with one attached hydrogen (secondary N) is 1. The molecule has 0 aliphatic rings. The second kappa shape index (κ2) is 10.2. The number of benzene rings is 3. The largest absolute Gasteiger partial charge is 0.495 e. The van der Waals surface area contributed by atoms with Crippen molar-refractivity contribution in [3.63, 3.8) is 0 Å². The summed E-state index contributed by atoms with van der Waals surface area (Å²) in [6.07, 6.45) is 0. The van der Waals surface area contributed by atoms with Crippen LogP contribution in [0, 0.1) is 13.8 Å². The van der Waals surface area contributed by atoms with Crippen LogP contribution in [-0.4, -0.2) is 32.3 Å². The number of hydrogen-bond donors (Lipinski definition) is 1. The molecule has 0 saturated carbocycles. The predicted molar refractivity (Wildman–Crippen MR) is 127 cm³/mol. The van der Waals surface area contributed by atoms with Crippen LogP contribution in [0.15, 0.2) is 71.6 Å². The van der Waals surface area contributed by atoms with Crippen LogP contribution in [0.5, 0.6) is 5.75 Å². The first kappa shape index (κ1) is 23.8. The molecule has 0 aliphatic heterocycles. The average Bonchev–Trinajstić information content (AvgIpc) is 2.76. The Balaban J connectivity index is 1.95. The first-order valence-corrected chi connectivity index (χ1v) is 11.8. The number of ether oxygens (including phenoxy) is 1. The predicted octanol–water partition coefficient (Wildman–Crippen LogP) is 4.80. The van der Waals surface area contributed by atoms with E-state index in [2.05, 4.69) is 5.32 Å². The number of hydrogen-bond acceptors (Lipinski definition) is 4. The lowest BCUT2D eigenvalue weighted by atomic mass is 10.1. The lowest BCUT2D eigenvalue weighted by Crippen LogP contribution is -2.37. The van der Waals surface area contributed by atoms with Gasteiger partial charge in [-0.15, -0.1) is 0 Å². The Morgan fingerprint density at radius 3 is 2.41 bits per heavy atom. The van der Waals surface area contributed by atoms with Gasteiger partial charge in [-0.3, -0.25) is 4.79 Å². The molecular weight excluding hydrogens is 448 g/mol. The number of halogens is 1. The van der Waals surface area contributed by atoms with Gasteiger partial charge < -0.3 is 10.1 Å². The van der Waals surface area contributed by atoms with Crippen molar-refractivity contribution in [3.05, 3.63) is 88.4 Å². The lowest BCUT2D eigenvalue weighted by Gasteiger charge is -2.23. The minimum absolute atomic E-state index is 0.0130. The minimum atomic E-state index is -4.11. The van der Waals surface area contributed by atoms with Crippen molar-refractivity contribution in [2.75, 3.05) is 19.0 Å². The highest BCUT2D eigenvalue weighted by Gasteiger charge is 2.30. The fraction of sp³-hybridized carbons (Fsp3) is 0.208. The van der Waals surface area contributed by atoms with Gasteiger partial charge in [0.25, 0.3) is 0 Å². The van der Waals surface area contributed by atoms with E-state index in [9.17, 15) is 13.2 Å². The van der Waals surface area contributed by atoms with E-state index in [1.54, 1.807) is 24.3 Å². The fourth-order valence-corrected chi connectivity index (χ4v) is 5.11. The third kappa shape index (κ3) is 5.68. The quantitative estimate of drug-likeness (QED) is 0.511. The normalized spacial score (nSPS) is 11.4. The van der Waals surface area contributed by atoms with Gasteiger partial charge in [0, 0.05) is 17.3 Å². The maximum absolute atomic E-state index is 13.6. The van der Waals surface area contributed by atoms with Crippen LogP contribution in [0.3, 0.4) is 0 Å². The van der Waals surface area contributed by atoms with Crippen LogP contribution in [0.4, 0.5) is 5.69 Å². The van der Waals surface area contributed by atoms with Crippen LogP contribution in [0.1, 0.15) is 16.7 Å². The van der Waals surface area contributed by atoms with Gasteiger partial charge in [0.15, 0.2) is 0 Å². The van der Waals surface area contributed by atoms with Crippen molar-refractivity contribution in [1.82, 2.24) is 4.31 Å². The van der Waals surface area contributed by atoms with Crippen molar-refractivity contribution in [1.29, 1.82) is 0 Å². The monoisotopic (exact) mass is 472 g/mol. The summed E-state index contributed by atoms with van der Waals surface area (Å²) in [5, 5.41) is 3.07. The van der Waals surface area contributed by atoms with Gasteiger partial charge in [0.05, 0.1) is 13.7 Å². The molecule has 1 amide bonds. The number of sulfonamides is 1. The molecule has 0 aliphatic carbocycles. The third-order valence-corrected chi connectivity index (χ3v) is 6.97. The Morgan fingerprint density at radius 1 is 1.03 bits per heavy atom. The highest BCUT2D eigenvalue weighted by molar-refractivity contribution is 7.89. The summed E-state index contributed by atoms with van der Waals surface area (Å²) >= 11 is 6.07. The molecular formula is C24H25ClN2O4S. The van der Waals surface area contributed by atoms with Crippen molar-refractivity contribution < 1.29 is 17.9 Å². The number of methoxy groups -OCH3 is 1. The van der Waals surface area contributed by atoms with Crippen LogP contribution in [0.2, 0.25) is 5.02 Å². The van der Waals surface area contributed by atoms with Crippen LogP contribution in [0.25, 0.3) is 0 Å². The van der Waals surface area contributed by atoms with Crippen LogP contribution in [-0.2, 0) is 21.4 Å². The van der Waals surface area contributed by atoms with Gasteiger partial charge in [0.2, 0.25) is 15.9 Å². The highest BCUT2D eigenvalue weighted by atomic mass is 35.5. The van der Waals surface area contributed by atoms with E-state index in [0.29, 0.717) is 5.69 Å². The van der Waals surface area contributed by atoms with Gasteiger partial charge in [-0.2, -0.15) is 4.31 Å². The highest BCUT2D eigenvalue weighted by Crippen LogP contribution is 2.30. The Hall–Kier alpha value is -2.87. The Bertz CT molecular complexity index is 1210. The van der Waals surface area contributed by atoms with Crippen molar-refractivity contribution in [2.45, 2.75) is 25.3 Å². The zero-order valence-electron chi connectivity index (χ0n) is 18.1. The standard InChI is InChI=1S/C24H25ClN2O4S/c1-17-9-11-21(18(2)13-17)26-24(28)16-27(15-19-7-5-4-6-8-19)32(29,30)23-14-20(25)10-12-22(23)31-3/h4-14H,15-16H2,1-3H3,(H,26,28). The van der Waals surface area contributed by atoms with E-state index < -0.39 is 15.9 Å². The Kier molecular flexibility index (Phi) is 7.56. The van der Waals surface area contributed by atoms with E-state index in [1.165, 1.54) is 19.2 Å². The average molecular weight is 473 g/mol. The summed E-state index contributed by atoms with van der Waals surface area (Å²) in [5.74, 6) is -0.292. The van der Waals surface area contributed by atoms with E-state index >= 15 is 0 Å². The van der Waals surface area contributed by atoms with E-state index in [1.807, 2.05) is 44.2 Å². The second-order valence-electron chi connectivity index (χ2n) is 7.42. The molecule has 1 N–H and O–H groups in total. The van der Waals surface area contributed by atoms with Crippen LogP contribution >= 0.6 is 11.6 Å². The molecule has 168 valence electrons. The molecule has 3 aromatic carbocycles. The molecule has 0 saturated heterocycles. The van der Waals surface area contributed by atoms with E-state index in [-0.39, 0.29) is 28.8 Å². The molecule has 3 rings (SSSR count). The first-order chi connectivity index (χ1) is 15.2. The summed E-state index contributed by atoms with van der Waals surface area (Å²) in [5.41, 5.74) is 3.35. The number of carbonyl (C=O) groups excluding carboxylic acids is 1. The molecule has 0 fully saturated rings. The van der Waals surface area contributed by atoms with E-state index in [4.69, 9.17) is 16.3 Å². The number of nitrogens with zero attached hydrogens (tertiary/aromatic N) is 1. The smallest absolute Gasteiger partial charge is 0.247 e. The summed E-state index contributed by atoms with van der Waals surface area (Å²) < 4.78 is 33.5. The van der Waals surface area contributed by atoms with Gasteiger partial charge in [0.1, 0.15) is 10.6 Å². The van der Waals surface area contributed by atoms with Gasteiger partial charge in [-0.25, -0.2) is 8.42 Å². The van der Waals surface area contributed by atoms with Gasteiger partial charge >= 0.3 is 0 Å². The number of aryl methyl sites for hydroxylation is 2. The zero-order valence-corrected chi connectivity index (χ0v) is 19.7. The molecule has 0 atom stereocenters. The lowest BCUT2D eigenvalue weighted by molar-refractivity contribution is -0.116. The van der Waals surface area contributed by atoms with Crippen LogP contribution < -0.4 is 10.1 Å². The summed E-state index contributed by atoms with van der Waals surface area (Å²) in [6, 6.07) is 19.1. The SMILES string of the molecule is COc1ccc(Cl)cc1S(=O)(=O)N(CC(=O)Nc1ccc(C)cc1C)Cc1ccccc1. The Labute approximate surface area is 193 Å². The number of amides is 1. The van der Waals surface area contributed by atoms with Crippen molar-refractivity contribution in [2.24, 2.45) is 0 Å². The molecule has 0 aromatic heterocycles. The molecule has 0 unspecified atom stereocenters. The number of carbonyl (C=O) groups is 1. The number of anilines is 1. The molecule has 0 spiro atoms. The van der Waals surface area contributed by atoms with Gasteiger partial charge in [-0.1, -0.05) is 59.6 Å². The molecule has 0 radical (unpaired) electrons. The summed E-state index contributed by atoms with van der Waals surface area (Å²) in [6.45, 7) is 3.49. The molecule has 0 heterocycles. The molecule has 8 heteroatoms. The van der Waals surface area contributed by atoms with Gasteiger partial charge in [-0.05, 0) is 49.2 Å².